The Morgan fingerprint density at radius 2 is 1.11 bits per heavy atom. The van der Waals surface area contributed by atoms with Gasteiger partial charge in [-0.15, -0.1) is 0 Å². The molecule has 0 saturated carbocycles. The molecule has 2 fully saturated rings. The maximum atomic E-state index is 16.8. The number of hydrogen-bond donors (Lipinski definition) is 20. The summed E-state index contributed by atoms with van der Waals surface area (Å²) in [6.07, 6.45) is -17.0. The standard InChI is InChI=1S/C85H89Cl3N8O30/c1-33(2)11-9-7-5-6-8-10-12-58(102)91-66-69(105)71(107)75(83(117)118)126-84(66)125-74-55-27-40-28-56(74)122-53-18-15-37(24-47(53)87)67(103)65-81(114)95-64(82(115)116)44-30-42(99)31-51(101)59(44)45-23-39(25-48(88)73(45)124-85-72(108)70(106)68(104)57(123-85)32-119-34(3)97)62(80(113)96-65)93-79(112)63(40)94-78(111)61-38-21-41(98)29-43(22-38)120-54-26-36(14-16-50(54)100)60(89-4)77(110)90-49(76(109)92-61)20-35-13-17-52(121-55)46(86)19-35/h13-19,21-31,33,49,57,60-72,75,84-85,89,98-101,103-108H,5-12,20,32H2,1-4H3,(H,90,110)(H,91,102)(H,92,109)(H,93,112)(H,94,111)(H,95,114)(H,96,113)(H,115,116)(H,117,118)/t49-,57-,60+,61?,62-,63-,64?,65+,66-,67-,68-,69-,70+,71+,72+,75+,84-,85-/m1/s1. The molecular formula is C85H89Cl3N8O30. The molecule has 0 aliphatic carbocycles. The Bertz CT molecular complexity index is 5410. The van der Waals surface area contributed by atoms with E-state index < -0.39 is 272 Å². The third-order valence-corrected chi connectivity index (χ3v) is 22.8. The summed E-state index contributed by atoms with van der Waals surface area (Å²) in [6.45, 7) is 4.47. The fraction of sp³-hybridized carbons (Fsp3) is 0.388. The molecule has 15 rings (SSSR count). The number of nitrogens with one attached hydrogen (secondary N) is 8. The number of amides is 7. The van der Waals surface area contributed by atoms with Crippen molar-refractivity contribution in [2.24, 2.45) is 5.92 Å². The van der Waals surface area contributed by atoms with Crippen molar-refractivity contribution in [2.45, 2.75) is 188 Å². The molecule has 8 aliphatic heterocycles. The van der Waals surface area contributed by atoms with E-state index in [1.54, 1.807) is 0 Å². The number of aliphatic hydroxyl groups is 6. The van der Waals surface area contributed by atoms with Crippen LogP contribution in [0.2, 0.25) is 15.1 Å². The number of fused-ring (bicyclic) bond motifs is 14. The molecule has 18 atom stereocenters. The predicted molar refractivity (Wildman–Crippen MR) is 438 cm³/mol. The number of carbonyl (C=O) groups excluding carboxylic acids is 8. The first-order valence-electron chi connectivity index (χ1n) is 39.9. The van der Waals surface area contributed by atoms with Crippen LogP contribution in [0.3, 0.4) is 0 Å². The number of halogens is 3. The predicted octanol–water partition coefficient (Wildman–Crippen LogP) is 5.41. The Balaban J connectivity index is 1.05. The van der Waals surface area contributed by atoms with Crippen molar-refractivity contribution < 1.29 is 147 Å². The number of carbonyl (C=O) groups is 10. The molecule has 7 aromatic rings. The van der Waals surface area contributed by atoms with Crippen molar-refractivity contribution >= 4 is 94.1 Å². The lowest BCUT2D eigenvalue weighted by Gasteiger charge is -2.41. The van der Waals surface area contributed by atoms with E-state index in [0.717, 1.165) is 106 Å². The summed E-state index contributed by atoms with van der Waals surface area (Å²) in [5, 5.41) is 157. The van der Waals surface area contributed by atoms with Gasteiger partial charge in [-0.1, -0.05) is 105 Å². The molecular weight excluding hydrogens is 1720 g/mol. The fourth-order valence-electron chi connectivity index (χ4n) is 15.5. The second-order valence-corrected chi connectivity index (χ2v) is 32.6. The van der Waals surface area contributed by atoms with E-state index in [0.29, 0.717) is 24.8 Å². The number of phenolic OH excluding ortho intramolecular Hbond substituents is 4. The molecule has 0 radical (unpaired) electrons. The van der Waals surface area contributed by atoms with Crippen LogP contribution in [0.15, 0.2) is 109 Å². The van der Waals surface area contributed by atoms with Gasteiger partial charge in [-0.05, 0) is 132 Å². The van der Waals surface area contributed by atoms with E-state index in [2.05, 4.69) is 56.4 Å². The monoisotopic (exact) mass is 1810 g/mol. The normalized spacial score (nSPS) is 26.0. The number of likely N-dealkylation sites (N-methyl/N-ethyl adjacent to an activating group) is 1. The molecule has 126 heavy (non-hydrogen) atoms. The van der Waals surface area contributed by atoms with Crippen LogP contribution in [0.5, 0.6) is 69.0 Å². The second kappa shape index (κ2) is 38.8. The first kappa shape index (κ1) is 91.6. The van der Waals surface area contributed by atoms with Crippen LogP contribution in [0, 0.1) is 5.92 Å². The van der Waals surface area contributed by atoms with Gasteiger partial charge in [0.25, 0.3) is 0 Å². The highest BCUT2D eigenvalue weighted by Gasteiger charge is 2.52. The number of ether oxygens (including phenoxy) is 8. The van der Waals surface area contributed by atoms with E-state index in [-0.39, 0.29) is 50.9 Å². The Morgan fingerprint density at radius 3 is 1.75 bits per heavy atom. The van der Waals surface area contributed by atoms with Crippen LogP contribution in [0.25, 0.3) is 11.1 Å². The summed E-state index contributed by atoms with van der Waals surface area (Å²) in [5.74, 6) is -20.7. The van der Waals surface area contributed by atoms with Gasteiger partial charge in [0.15, 0.2) is 35.1 Å². The van der Waals surface area contributed by atoms with Gasteiger partial charge in [0, 0.05) is 48.6 Å². The number of benzene rings is 7. The van der Waals surface area contributed by atoms with Crippen molar-refractivity contribution in [1.29, 1.82) is 0 Å². The van der Waals surface area contributed by atoms with Crippen LogP contribution >= 0.6 is 34.8 Å². The fourth-order valence-corrected chi connectivity index (χ4v) is 16.2. The van der Waals surface area contributed by atoms with E-state index in [4.69, 9.17) is 72.7 Å². The molecule has 7 aromatic carbocycles. The Kier molecular flexibility index (Phi) is 28.2. The van der Waals surface area contributed by atoms with Gasteiger partial charge in [0.2, 0.25) is 59.7 Å². The van der Waals surface area contributed by atoms with Gasteiger partial charge in [0.05, 0.1) is 15.1 Å². The molecule has 38 nitrogen and oxygen atoms in total. The highest BCUT2D eigenvalue weighted by atomic mass is 35.5. The minimum absolute atomic E-state index is 0.174. The van der Waals surface area contributed by atoms with Crippen LogP contribution < -0.4 is 66.2 Å². The maximum Gasteiger partial charge on any atom is 0.335 e. The number of hydrogen-bond acceptors (Lipinski definition) is 29. The number of esters is 1. The van der Waals surface area contributed by atoms with Crippen LogP contribution in [-0.4, -0.2) is 208 Å². The zero-order valence-electron chi connectivity index (χ0n) is 67.3. The summed E-state index contributed by atoms with van der Waals surface area (Å²) < 4.78 is 49.4. The zero-order valence-corrected chi connectivity index (χ0v) is 69.5. The third-order valence-electron chi connectivity index (χ3n) is 21.9. The van der Waals surface area contributed by atoms with Crippen molar-refractivity contribution in [3.8, 4) is 80.1 Å². The molecule has 8 aliphatic rings. The highest BCUT2D eigenvalue weighted by Crippen LogP contribution is 2.52. The van der Waals surface area contributed by atoms with E-state index in [1.807, 2.05) is 0 Å². The summed E-state index contributed by atoms with van der Waals surface area (Å²) in [5.41, 5.74) is -3.76. The molecule has 2 unspecified atom stereocenters. The molecule has 0 aromatic heterocycles. The molecule has 2 saturated heterocycles. The van der Waals surface area contributed by atoms with Gasteiger partial charge in [-0.25, -0.2) is 9.59 Å². The van der Waals surface area contributed by atoms with E-state index in [1.165, 1.54) is 43.4 Å². The van der Waals surface area contributed by atoms with Crippen molar-refractivity contribution in [3.05, 3.63) is 163 Å². The van der Waals surface area contributed by atoms with Gasteiger partial charge in [-0.2, -0.15) is 0 Å². The largest absolute Gasteiger partial charge is 0.508 e. The molecule has 0 spiro atoms. The van der Waals surface area contributed by atoms with Gasteiger partial charge in [-0.3, -0.25) is 38.4 Å². The summed E-state index contributed by atoms with van der Waals surface area (Å²) >= 11 is 21.7. The number of phenols is 4. The number of aliphatic carboxylic acids is 2. The number of aliphatic hydroxyl groups excluding tert-OH is 6. The third kappa shape index (κ3) is 20.2. The number of aromatic hydroxyl groups is 4. The average Bonchev–Trinajstić information content (AvgIpc) is 0.751. The van der Waals surface area contributed by atoms with Crippen LogP contribution in [0.4, 0.5) is 0 Å². The number of carboxylic acid groups (broad SMARTS) is 2. The van der Waals surface area contributed by atoms with Crippen LogP contribution in [0.1, 0.15) is 147 Å². The van der Waals surface area contributed by atoms with Gasteiger partial charge >= 0.3 is 17.9 Å². The first-order valence-corrected chi connectivity index (χ1v) is 41.0. The molecule has 8 heterocycles. The smallest absolute Gasteiger partial charge is 0.335 e. The lowest BCUT2D eigenvalue weighted by atomic mass is 9.89. The van der Waals surface area contributed by atoms with Crippen molar-refractivity contribution in [2.75, 3.05) is 13.7 Å². The summed E-state index contributed by atoms with van der Waals surface area (Å²) in [6, 6.07) is 2.16. The molecule has 41 heteroatoms. The molecule has 7 amide bonds. The molecule has 670 valence electrons. The summed E-state index contributed by atoms with van der Waals surface area (Å²) in [4.78, 5) is 148. The first-order chi connectivity index (χ1) is 59.9. The quantitative estimate of drug-likeness (QED) is 0.0355. The SMILES string of the molecule is CN[C@@H]1C(=O)N[C@@H]2Cc3ccc(c(Cl)c3)Oc3cc4cc(c3O[C@@H]3O[C@H](C(=O)O)[C@@H](O)[C@H](O)[C@H]3NC(=O)CCCCCCCCC(C)C)Oc3ccc(cc3Cl)[C@@H](O)[C@@H]3NC(=O)[C@H](NC(=O)[C@@H]4NC(=O)C(NC2=O)c2cc(O)cc(c2)Oc2cc1ccc2O)c1cc(Cl)c(O[C@H]2O[C@H](COC(C)=O)[C@@H](O)[C@H](O)[C@@H]2O)c(c1)-c1c(O)cc(O)cc1C(C(=O)O)NC3=O. The highest BCUT2D eigenvalue weighted by molar-refractivity contribution is 6.33. The second-order valence-electron chi connectivity index (χ2n) is 31.4. The van der Waals surface area contributed by atoms with Gasteiger partial charge in [0.1, 0.15) is 132 Å². The summed E-state index contributed by atoms with van der Waals surface area (Å²) in [7, 11) is 1.41. The topological polar surface area (TPSA) is 584 Å². The number of rotatable bonds is 19. The lowest BCUT2D eigenvalue weighted by Crippen LogP contribution is -2.66. The number of unbranched alkanes of at least 4 members (excludes halogenated alkanes) is 5. The maximum absolute atomic E-state index is 16.8. The number of carboxylic acids is 2. The van der Waals surface area contributed by atoms with Crippen molar-refractivity contribution in [3.63, 3.8) is 0 Å². The Morgan fingerprint density at radius 1 is 0.516 bits per heavy atom. The van der Waals surface area contributed by atoms with Gasteiger partial charge < -0.3 is 142 Å². The van der Waals surface area contributed by atoms with Crippen molar-refractivity contribution in [1.82, 2.24) is 42.5 Å². The van der Waals surface area contributed by atoms with E-state index >= 15 is 24.0 Å². The minimum atomic E-state index is -2.52. The molecule has 17 bridgehead atoms. The molecule has 20 N–H and O–H groups in total. The lowest BCUT2D eigenvalue weighted by molar-refractivity contribution is -0.278. The van der Waals surface area contributed by atoms with E-state index in [9.17, 15) is 85.3 Å². The Labute approximate surface area is 731 Å². The average molecular weight is 1810 g/mol. The Hall–Kier alpha value is -12.1. The minimum Gasteiger partial charge on any atom is -0.508 e. The zero-order chi connectivity index (χ0) is 90.7. The van der Waals surface area contributed by atoms with Crippen LogP contribution in [-0.2, 0) is 68.6 Å².